The van der Waals surface area contributed by atoms with Crippen molar-refractivity contribution in [1.29, 1.82) is 0 Å². The first-order valence-electron chi connectivity index (χ1n) is 5.70. The van der Waals surface area contributed by atoms with Gasteiger partial charge in [-0.3, -0.25) is 4.90 Å². The number of likely N-dealkylation sites (tertiary alicyclic amines) is 1. The lowest BCUT2D eigenvalue weighted by molar-refractivity contribution is 0.107. The van der Waals surface area contributed by atoms with Crippen LogP contribution < -0.4 is 0 Å². The molecule has 0 radical (unpaired) electrons. The van der Waals surface area contributed by atoms with E-state index in [9.17, 15) is 0 Å². The number of hydrogen-bond acceptors (Lipinski definition) is 2. The van der Waals surface area contributed by atoms with E-state index < -0.39 is 0 Å². The molecule has 0 N–H and O–H groups in total. The van der Waals surface area contributed by atoms with Gasteiger partial charge in [0.25, 0.3) is 0 Å². The molecule has 16 heavy (non-hydrogen) atoms. The fourth-order valence-electron chi connectivity index (χ4n) is 2.20. The smallest absolute Gasteiger partial charge is 0.0710 e. The van der Waals surface area contributed by atoms with E-state index >= 15 is 0 Å². The Morgan fingerprint density at radius 1 is 1.50 bits per heavy atom. The van der Waals surface area contributed by atoms with Gasteiger partial charge < -0.3 is 4.74 Å². The molecule has 1 unspecified atom stereocenters. The monoisotopic (exact) mass is 283 g/mol. The number of hydrogen-bond donors (Lipinski definition) is 0. The summed E-state index contributed by atoms with van der Waals surface area (Å²) >= 11 is 3.58. The van der Waals surface area contributed by atoms with Crippen LogP contribution in [0.25, 0.3) is 0 Å². The third-order valence-corrected chi connectivity index (χ3v) is 4.20. The molecule has 88 valence electrons. The van der Waals surface area contributed by atoms with Crippen molar-refractivity contribution in [3.63, 3.8) is 0 Å². The zero-order valence-electron chi connectivity index (χ0n) is 9.87. The number of benzene rings is 1. The van der Waals surface area contributed by atoms with E-state index in [4.69, 9.17) is 4.74 Å². The van der Waals surface area contributed by atoms with Gasteiger partial charge in [-0.1, -0.05) is 28.1 Å². The Balaban J connectivity index is 2.02. The first kappa shape index (κ1) is 12.1. The molecule has 3 heteroatoms. The van der Waals surface area contributed by atoms with Crippen LogP contribution in [0.5, 0.6) is 0 Å². The van der Waals surface area contributed by atoms with E-state index in [0.29, 0.717) is 6.10 Å². The average Bonchev–Trinajstić information content (AvgIpc) is 2.73. The topological polar surface area (TPSA) is 12.5 Å². The lowest BCUT2D eigenvalue weighted by atomic mass is 10.1. The highest BCUT2D eigenvalue weighted by Crippen LogP contribution is 2.22. The summed E-state index contributed by atoms with van der Waals surface area (Å²) < 4.78 is 6.58. The summed E-state index contributed by atoms with van der Waals surface area (Å²) in [6.07, 6.45) is 1.58. The Hall–Kier alpha value is -0.380. The molecule has 0 amide bonds. The molecule has 2 rings (SSSR count). The minimum atomic E-state index is 0.424. The van der Waals surface area contributed by atoms with Gasteiger partial charge in [-0.05, 0) is 30.5 Å². The van der Waals surface area contributed by atoms with Gasteiger partial charge in [0.15, 0.2) is 0 Å². The molecule has 1 aromatic rings. The Kier molecular flexibility index (Phi) is 4.00. The van der Waals surface area contributed by atoms with Gasteiger partial charge in [-0.25, -0.2) is 0 Å². The largest absolute Gasteiger partial charge is 0.380 e. The van der Waals surface area contributed by atoms with E-state index in [1.165, 1.54) is 15.6 Å². The summed E-state index contributed by atoms with van der Waals surface area (Å²) in [5.74, 6) is 0. The normalized spacial score (nSPS) is 21.6. The average molecular weight is 284 g/mol. The maximum atomic E-state index is 5.38. The number of methoxy groups -OCH3 is 1. The first-order chi connectivity index (χ1) is 7.70. The molecule has 0 aromatic heterocycles. The van der Waals surface area contributed by atoms with E-state index in [1.807, 2.05) is 0 Å². The van der Waals surface area contributed by atoms with Gasteiger partial charge in [0.1, 0.15) is 0 Å². The SMILES string of the molecule is COC1CCN(Cc2cccc(Br)c2C)C1. The summed E-state index contributed by atoms with van der Waals surface area (Å²) in [7, 11) is 1.80. The van der Waals surface area contributed by atoms with Crippen LogP contribution in [0.1, 0.15) is 17.5 Å². The third kappa shape index (κ3) is 2.65. The van der Waals surface area contributed by atoms with Gasteiger partial charge >= 0.3 is 0 Å². The second-order valence-electron chi connectivity index (χ2n) is 4.41. The highest BCUT2D eigenvalue weighted by Gasteiger charge is 2.22. The number of ether oxygens (including phenoxy) is 1. The minimum absolute atomic E-state index is 0.424. The molecular weight excluding hydrogens is 266 g/mol. The highest BCUT2D eigenvalue weighted by atomic mass is 79.9. The van der Waals surface area contributed by atoms with Crippen molar-refractivity contribution < 1.29 is 4.74 Å². The van der Waals surface area contributed by atoms with E-state index in [0.717, 1.165) is 26.1 Å². The summed E-state index contributed by atoms with van der Waals surface area (Å²) in [5.41, 5.74) is 2.76. The molecule has 0 bridgehead atoms. The van der Waals surface area contributed by atoms with E-state index in [2.05, 4.69) is 46.0 Å². The van der Waals surface area contributed by atoms with Crippen LogP contribution in [0.15, 0.2) is 22.7 Å². The van der Waals surface area contributed by atoms with Crippen molar-refractivity contribution in [2.24, 2.45) is 0 Å². The second kappa shape index (κ2) is 5.30. The zero-order chi connectivity index (χ0) is 11.5. The molecule has 1 heterocycles. The minimum Gasteiger partial charge on any atom is -0.380 e. The van der Waals surface area contributed by atoms with E-state index in [-0.39, 0.29) is 0 Å². The Labute approximate surface area is 106 Å². The molecule has 1 fully saturated rings. The molecule has 0 saturated carbocycles. The van der Waals surface area contributed by atoms with Gasteiger partial charge in [0.05, 0.1) is 6.10 Å². The Morgan fingerprint density at radius 3 is 3.00 bits per heavy atom. The van der Waals surface area contributed by atoms with Crippen molar-refractivity contribution >= 4 is 15.9 Å². The predicted octanol–water partition coefficient (Wildman–Crippen LogP) is 2.98. The standard InChI is InChI=1S/C13H18BrNO/c1-10-11(4-3-5-13(10)14)8-15-7-6-12(9-15)16-2/h3-5,12H,6-9H2,1-2H3. The molecule has 1 aliphatic heterocycles. The van der Waals surface area contributed by atoms with Gasteiger partial charge in [0, 0.05) is 31.2 Å². The van der Waals surface area contributed by atoms with Crippen LogP contribution in [-0.2, 0) is 11.3 Å². The maximum Gasteiger partial charge on any atom is 0.0710 e. The molecule has 0 spiro atoms. The highest BCUT2D eigenvalue weighted by molar-refractivity contribution is 9.10. The quantitative estimate of drug-likeness (QED) is 0.846. The fourth-order valence-corrected chi connectivity index (χ4v) is 2.60. The number of nitrogens with zero attached hydrogens (tertiary/aromatic N) is 1. The molecule has 1 aliphatic rings. The summed E-state index contributed by atoms with van der Waals surface area (Å²) in [5, 5.41) is 0. The second-order valence-corrected chi connectivity index (χ2v) is 5.26. The first-order valence-corrected chi connectivity index (χ1v) is 6.49. The number of halogens is 1. The van der Waals surface area contributed by atoms with Crippen molar-refractivity contribution in [3.05, 3.63) is 33.8 Å². The Morgan fingerprint density at radius 2 is 2.31 bits per heavy atom. The lowest BCUT2D eigenvalue weighted by Crippen LogP contribution is -2.22. The van der Waals surface area contributed by atoms with Crippen LogP contribution >= 0.6 is 15.9 Å². The summed E-state index contributed by atoms with van der Waals surface area (Å²) in [4.78, 5) is 2.46. The number of rotatable bonds is 3. The van der Waals surface area contributed by atoms with Crippen molar-refractivity contribution in [3.8, 4) is 0 Å². The fraction of sp³-hybridized carbons (Fsp3) is 0.538. The van der Waals surface area contributed by atoms with Crippen LogP contribution in [0.3, 0.4) is 0 Å². The van der Waals surface area contributed by atoms with Crippen molar-refractivity contribution in [1.82, 2.24) is 4.90 Å². The van der Waals surface area contributed by atoms with Crippen LogP contribution in [0, 0.1) is 6.92 Å². The van der Waals surface area contributed by atoms with Crippen LogP contribution in [0.4, 0.5) is 0 Å². The molecule has 2 nitrogen and oxygen atoms in total. The van der Waals surface area contributed by atoms with Crippen molar-refractivity contribution in [2.45, 2.75) is 26.0 Å². The van der Waals surface area contributed by atoms with Crippen LogP contribution in [-0.4, -0.2) is 31.2 Å². The zero-order valence-corrected chi connectivity index (χ0v) is 11.5. The van der Waals surface area contributed by atoms with Crippen LogP contribution in [0.2, 0.25) is 0 Å². The van der Waals surface area contributed by atoms with Gasteiger partial charge in [-0.15, -0.1) is 0 Å². The Bertz CT molecular complexity index is 367. The molecule has 0 aliphatic carbocycles. The molecular formula is C13H18BrNO. The molecule has 1 saturated heterocycles. The maximum absolute atomic E-state index is 5.38. The van der Waals surface area contributed by atoms with Gasteiger partial charge in [0.2, 0.25) is 0 Å². The van der Waals surface area contributed by atoms with Crippen molar-refractivity contribution in [2.75, 3.05) is 20.2 Å². The predicted molar refractivity (Wildman–Crippen MR) is 69.6 cm³/mol. The summed E-state index contributed by atoms with van der Waals surface area (Å²) in [6.45, 7) is 5.40. The lowest BCUT2D eigenvalue weighted by Gasteiger charge is -2.17. The van der Waals surface area contributed by atoms with E-state index in [1.54, 1.807) is 7.11 Å². The molecule has 1 atom stereocenters. The third-order valence-electron chi connectivity index (χ3n) is 3.34. The molecule has 1 aromatic carbocycles. The summed E-state index contributed by atoms with van der Waals surface area (Å²) in [6, 6.07) is 6.41. The van der Waals surface area contributed by atoms with Gasteiger partial charge in [-0.2, -0.15) is 0 Å².